The van der Waals surface area contributed by atoms with E-state index in [1.165, 1.54) is 6.07 Å². The third-order valence-corrected chi connectivity index (χ3v) is 2.36. The van der Waals surface area contributed by atoms with Gasteiger partial charge in [-0.2, -0.15) is 5.26 Å². The Bertz CT molecular complexity index is 422. The molecule has 0 aromatic carbocycles. The van der Waals surface area contributed by atoms with Gasteiger partial charge in [0.25, 0.3) is 0 Å². The summed E-state index contributed by atoms with van der Waals surface area (Å²) in [6.07, 6.45) is 0. The summed E-state index contributed by atoms with van der Waals surface area (Å²) in [5, 5.41) is 20.9. The van der Waals surface area contributed by atoms with E-state index in [2.05, 4.69) is 11.2 Å². The topological polar surface area (TPSA) is 90.4 Å². The Morgan fingerprint density at radius 1 is 1.76 bits per heavy atom. The lowest BCUT2D eigenvalue weighted by Crippen LogP contribution is -2.27. The molecule has 0 saturated heterocycles. The number of nitrogens with zero attached hydrogens (tertiary/aromatic N) is 3. The smallest absolute Gasteiger partial charge is 0.358 e. The number of aromatic carboxylic acids is 1. The quantitative estimate of drug-likeness (QED) is 0.803. The molecule has 0 spiro atoms. The number of carboxylic acids is 1. The Labute approximate surface area is 99.4 Å². The monoisotopic (exact) mass is 237 g/mol. The van der Waals surface area contributed by atoms with Crippen molar-refractivity contribution in [3.8, 4) is 6.07 Å². The Kier molecular flexibility index (Phi) is 4.67. The molecule has 0 aliphatic heterocycles. The van der Waals surface area contributed by atoms with Crippen LogP contribution < -0.4 is 0 Å². The molecule has 6 heteroatoms. The van der Waals surface area contributed by atoms with E-state index >= 15 is 0 Å². The molecule has 0 bridgehead atoms. The number of carbonyl (C=O) groups is 1. The maximum absolute atomic E-state index is 10.6. The van der Waals surface area contributed by atoms with E-state index in [-0.39, 0.29) is 11.6 Å². The van der Waals surface area contributed by atoms with Gasteiger partial charge in [0.15, 0.2) is 11.5 Å². The molecule has 0 aliphatic carbocycles. The Balaban J connectivity index is 2.61. The van der Waals surface area contributed by atoms with Crippen molar-refractivity contribution in [3.05, 3.63) is 17.5 Å². The predicted octanol–water partition coefficient (Wildman–Crippen LogP) is 1.35. The summed E-state index contributed by atoms with van der Waals surface area (Å²) in [6, 6.07) is 3.56. The van der Waals surface area contributed by atoms with E-state index in [4.69, 9.17) is 14.9 Å². The lowest BCUT2D eigenvalue weighted by Gasteiger charge is -2.19. The van der Waals surface area contributed by atoms with Crippen LogP contribution >= 0.6 is 0 Å². The maximum atomic E-state index is 10.6. The SMILES string of the molecule is CCN(Cc1cc(C(=O)O)no1)CC(C)C#N. The van der Waals surface area contributed by atoms with Crippen LogP contribution in [0.15, 0.2) is 10.6 Å². The van der Waals surface area contributed by atoms with Gasteiger partial charge >= 0.3 is 5.97 Å². The molecule has 0 aliphatic rings. The molecule has 0 fully saturated rings. The molecular formula is C11H15N3O3. The van der Waals surface area contributed by atoms with Crippen LogP contribution in [0, 0.1) is 17.2 Å². The van der Waals surface area contributed by atoms with Crippen LogP contribution in [0.2, 0.25) is 0 Å². The van der Waals surface area contributed by atoms with Gasteiger partial charge in [-0.3, -0.25) is 4.90 Å². The summed E-state index contributed by atoms with van der Waals surface area (Å²) >= 11 is 0. The fourth-order valence-corrected chi connectivity index (χ4v) is 1.44. The van der Waals surface area contributed by atoms with Gasteiger partial charge in [0.05, 0.1) is 18.5 Å². The molecule has 0 radical (unpaired) electrons. The largest absolute Gasteiger partial charge is 0.476 e. The van der Waals surface area contributed by atoms with Gasteiger partial charge in [-0.15, -0.1) is 0 Å². The average Bonchev–Trinajstić information content (AvgIpc) is 2.76. The van der Waals surface area contributed by atoms with Gasteiger partial charge in [-0.1, -0.05) is 12.1 Å². The van der Waals surface area contributed by atoms with Crippen molar-refractivity contribution < 1.29 is 14.4 Å². The minimum atomic E-state index is -1.10. The maximum Gasteiger partial charge on any atom is 0.358 e. The van der Waals surface area contributed by atoms with Crippen molar-refractivity contribution >= 4 is 5.97 Å². The highest BCUT2D eigenvalue weighted by molar-refractivity contribution is 5.85. The second-order valence-electron chi connectivity index (χ2n) is 3.84. The number of hydrogen-bond donors (Lipinski definition) is 1. The molecule has 1 rings (SSSR count). The fourth-order valence-electron chi connectivity index (χ4n) is 1.44. The van der Waals surface area contributed by atoms with Crippen LogP contribution in [0.3, 0.4) is 0 Å². The molecule has 0 amide bonds. The first-order valence-electron chi connectivity index (χ1n) is 5.37. The number of nitriles is 1. The van der Waals surface area contributed by atoms with E-state index in [1.807, 2.05) is 18.7 Å². The van der Waals surface area contributed by atoms with E-state index in [0.29, 0.717) is 18.8 Å². The summed E-state index contributed by atoms with van der Waals surface area (Å²) in [5.41, 5.74) is -0.0932. The van der Waals surface area contributed by atoms with Crippen LogP contribution in [0.5, 0.6) is 0 Å². The lowest BCUT2D eigenvalue weighted by atomic mass is 10.2. The first-order chi connectivity index (χ1) is 8.06. The molecule has 1 heterocycles. The van der Waals surface area contributed by atoms with Crippen LogP contribution in [0.1, 0.15) is 30.1 Å². The van der Waals surface area contributed by atoms with Crippen LogP contribution in [0.25, 0.3) is 0 Å². The van der Waals surface area contributed by atoms with Gasteiger partial charge < -0.3 is 9.63 Å². The highest BCUT2D eigenvalue weighted by atomic mass is 16.5. The van der Waals surface area contributed by atoms with Gasteiger partial charge in [0.1, 0.15) is 0 Å². The average molecular weight is 237 g/mol. The molecule has 0 saturated carbocycles. The van der Waals surface area contributed by atoms with Crippen molar-refractivity contribution in [2.24, 2.45) is 5.92 Å². The highest BCUT2D eigenvalue weighted by Gasteiger charge is 2.14. The Hall–Kier alpha value is -1.87. The number of aromatic nitrogens is 1. The fraction of sp³-hybridized carbons (Fsp3) is 0.545. The van der Waals surface area contributed by atoms with Crippen molar-refractivity contribution in [3.63, 3.8) is 0 Å². The summed E-state index contributed by atoms with van der Waals surface area (Å²) < 4.78 is 4.92. The summed E-state index contributed by atoms with van der Waals surface area (Å²) in [4.78, 5) is 12.6. The zero-order valence-electron chi connectivity index (χ0n) is 9.88. The molecule has 1 N–H and O–H groups in total. The van der Waals surface area contributed by atoms with Crippen LogP contribution in [-0.4, -0.2) is 34.2 Å². The minimum absolute atomic E-state index is 0.0724. The van der Waals surface area contributed by atoms with Crippen LogP contribution in [-0.2, 0) is 6.54 Å². The molecule has 17 heavy (non-hydrogen) atoms. The molecule has 6 nitrogen and oxygen atoms in total. The first-order valence-corrected chi connectivity index (χ1v) is 5.37. The van der Waals surface area contributed by atoms with Gasteiger partial charge in [-0.25, -0.2) is 4.79 Å². The van der Waals surface area contributed by atoms with Gasteiger partial charge in [0.2, 0.25) is 0 Å². The molecule has 1 aromatic rings. The van der Waals surface area contributed by atoms with E-state index in [9.17, 15) is 4.79 Å². The van der Waals surface area contributed by atoms with Crippen molar-refractivity contribution in [1.82, 2.24) is 10.1 Å². The molecule has 92 valence electrons. The first kappa shape index (κ1) is 13.2. The third-order valence-electron chi connectivity index (χ3n) is 2.36. The second kappa shape index (κ2) is 6.01. The second-order valence-corrected chi connectivity index (χ2v) is 3.84. The Morgan fingerprint density at radius 2 is 2.47 bits per heavy atom. The van der Waals surface area contributed by atoms with Gasteiger partial charge in [0, 0.05) is 12.6 Å². The molecular weight excluding hydrogens is 222 g/mol. The molecule has 1 atom stereocenters. The van der Waals surface area contributed by atoms with E-state index in [1.54, 1.807) is 0 Å². The summed E-state index contributed by atoms with van der Waals surface area (Å²) in [7, 11) is 0. The number of rotatable bonds is 6. The Morgan fingerprint density at radius 3 is 2.94 bits per heavy atom. The highest BCUT2D eigenvalue weighted by Crippen LogP contribution is 2.09. The van der Waals surface area contributed by atoms with Crippen molar-refractivity contribution in [2.75, 3.05) is 13.1 Å². The van der Waals surface area contributed by atoms with Crippen LogP contribution in [0.4, 0.5) is 0 Å². The molecule has 1 unspecified atom stereocenters. The van der Waals surface area contributed by atoms with E-state index in [0.717, 1.165) is 6.54 Å². The number of carboxylic acid groups (broad SMARTS) is 1. The minimum Gasteiger partial charge on any atom is -0.476 e. The zero-order chi connectivity index (χ0) is 12.8. The number of hydrogen-bond acceptors (Lipinski definition) is 5. The van der Waals surface area contributed by atoms with Crippen molar-refractivity contribution in [2.45, 2.75) is 20.4 Å². The zero-order valence-corrected chi connectivity index (χ0v) is 9.88. The van der Waals surface area contributed by atoms with E-state index < -0.39 is 5.97 Å². The molecule has 1 aromatic heterocycles. The third kappa shape index (κ3) is 3.89. The lowest BCUT2D eigenvalue weighted by molar-refractivity contribution is 0.0685. The predicted molar refractivity (Wildman–Crippen MR) is 59.2 cm³/mol. The summed E-state index contributed by atoms with van der Waals surface area (Å²) in [5.74, 6) is -0.681. The standard InChI is InChI=1S/C11H15N3O3/c1-3-14(6-8(2)5-12)7-9-4-10(11(15)16)13-17-9/h4,8H,3,6-7H2,1-2H3,(H,15,16). The van der Waals surface area contributed by atoms with Crippen molar-refractivity contribution in [1.29, 1.82) is 5.26 Å². The normalized spacial score (nSPS) is 12.4. The summed E-state index contributed by atoms with van der Waals surface area (Å²) in [6.45, 7) is 5.65. The van der Waals surface area contributed by atoms with Gasteiger partial charge in [-0.05, 0) is 13.5 Å².